The van der Waals surface area contributed by atoms with Crippen molar-refractivity contribution in [2.24, 2.45) is 0 Å². The van der Waals surface area contributed by atoms with Crippen molar-refractivity contribution in [3.8, 4) is 0 Å². The van der Waals surface area contributed by atoms with Gasteiger partial charge in [0.2, 0.25) is 11.8 Å². The molecule has 0 saturated carbocycles. The van der Waals surface area contributed by atoms with Gasteiger partial charge in [-0.2, -0.15) is 0 Å². The van der Waals surface area contributed by atoms with E-state index in [1.165, 1.54) is 116 Å². The van der Waals surface area contributed by atoms with Crippen LogP contribution in [0.25, 0.3) is 0 Å². The molecule has 0 aromatic heterocycles. The van der Waals surface area contributed by atoms with E-state index in [9.17, 15) is 75.7 Å². The number of aliphatic hydroxyl groups is 11. The van der Waals surface area contributed by atoms with E-state index in [0.29, 0.717) is 12.8 Å². The molecule has 18 unspecified atom stereocenters. The Morgan fingerprint density at radius 3 is 1.62 bits per heavy atom. The molecule has 23 nitrogen and oxygen atoms in total. The maximum atomic E-state index is 13.4. The van der Waals surface area contributed by atoms with E-state index in [1.807, 2.05) is 6.08 Å². The Balaban J connectivity index is 1.67. The maximum absolute atomic E-state index is 13.4. The van der Waals surface area contributed by atoms with Crippen molar-refractivity contribution in [3.05, 3.63) is 12.2 Å². The molecule has 3 rings (SSSR count). The van der Waals surface area contributed by atoms with Gasteiger partial charge in [-0.3, -0.25) is 9.59 Å². The standard InChI is InChI=1S/C59H108N2O21/c1-4-6-8-10-12-14-16-18-19-21-22-24-26-28-30-32-41(66)40(61-46(69)33-31-29-27-25-23-20-17-15-13-11-9-7-5-2)38-77-56-51(73)50(72)53(45(37-64)79-56)80-57-52(74)55(49(71)44(36-63)78-57)82-59(58(75)76)34-42(67)47(60-39(3)65)54(81-59)48(70)43(68)35-62/h30,32,40-45,47-57,62-64,66-68,70-74H,4-29,31,33-38H2,1-3H3,(H,60,65)(H,61,69)(H,75,76)/b32-30+. The summed E-state index contributed by atoms with van der Waals surface area (Å²) in [5.41, 5.74) is 0. The van der Waals surface area contributed by atoms with Gasteiger partial charge >= 0.3 is 5.97 Å². The maximum Gasteiger partial charge on any atom is 0.364 e. The van der Waals surface area contributed by atoms with E-state index in [1.54, 1.807) is 6.08 Å². The predicted molar refractivity (Wildman–Crippen MR) is 301 cm³/mol. The lowest BCUT2D eigenvalue weighted by atomic mass is 9.88. The molecule has 14 N–H and O–H groups in total. The Kier molecular flexibility index (Phi) is 37.4. The summed E-state index contributed by atoms with van der Waals surface area (Å²) < 4.78 is 34.7. The van der Waals surface area contributed by atoms with E-state index in [4.69, 9.17) is 28.4 Å². The molecule has 82 heavy (non-hydrogen) atoms. The zero-order valence-corrected chi connectivity index (χ0v) is 49.3. The smallest absolute Gasteiger partial charge is 0.364 e. The summed E-state index contributed by atoms with van der Waals surface area (Å²) in [6, 6.07) is -2.61. The molecule has 3 aliphatic rings. The summed E-state index contributed by atoms with van der Waals surface area (Å²) in [6.45, 7) is 2.10. The van der Waals surface area contributed by atoms with Crippen LogP contribution in [0.2, 0.25) is 0 Å². The molecule has 2 amide bonds. The van der Waals surface area contributed by atoms with E-state index in [2.05, 4.69) is 24.5 Å². The van der Waals surface area contributed by atoms with Gasteiger partial charge in [-0.25, -0.2) is 4.79 Å². The summed E-state index contributed by atoms with van der Waals surface area (Å²) in [4.78, 5) is 38.4. The normalized spacial score (nSPS) is 30.2. The van der Waals surface area contributed by atoms with Gasteiger partial charge in [-0.15, -0.1) is 0 Å². The van der Waals surface area contributed by atoms with Crippen LogP contribution in [0.1, 0.15) is 207 Å². The Hall–Kier alpha value is -2.53. The Bertz CT molecular complexity index is 1740. The van der Waals surface area contributed by atoms with Crippen molar-refractivity contribution < 1.29 is 104 Å². The van der Waals surface area contributed by atoms with Crippen LogP contribution in [-0.4, -0.2) is 215 Å². The SMILES string of the molecule is CCCCCCCCCCCCCCC/C=C/C(O)C(COC1OC(CO)C(OC2OC(CO)C(O)C(OC3(C(=O)O)CC(O)C(NC(C)=O)C(C(O)C(O)CO)O3)C2O)C(O)C1O)NC(=O)CCCCCCCCCCCCCCC. The highest BCUT2D eigenvalue weighted by molar-refractivity contribution is 5.77. The largest absolute Gasteiger partial charge is 0.477 e. The number of hydrogen-bond donors (Lipinski definition) is 14. The van der Waals surface area contributed by atoms with E-state index >= 15 is 0 Å². The van der Waals surface area contributed by atoms with Crippen molar-refractivity contribution >= 4 is 17.8 Å². The Morgan fingerprint density at radius 1 is 0.634 bits per heavy atom. The van der Waals surface area contributed by atoms with Crippen LogP contribution >= 0.6 is 0 Å². The molecule has 0 radical (unpaired) electrons. The highest BCUT2D eigenvalue weighted by Gasteiger charge is 2.60. The average Bonchev–Trinajstić information content (AvgIpc) is 3.66. The fraction of sp³-hybridized carbons (Fsp3) is 0.915. The quantitative estimate of drug-likeness (QED) is 0.0307. The molecular weight excluding hydrogens is 1070 g/mol. The summed E-state index contributed by atoms with van der Waals surface area (Å²) >= 11 is 0. The number of carbonyl (C=O) groups excluding carboxylic acids is 2. The number of rotatable bonds is 45. The molecule has 18 atom stereocenters. The van der Waals surface area contributed by atoms with Crippen molar-refractivity contribution in [1.29, 1.82) is 0 Å². The van der Waals surface area contributed by atoms with Gasteiger partial charge in [0, 0.05) is 19.8 Å². The number of carboxylic acid groups (broad SMARTS) is 1. The first-order valence-electron chi connectivity index (χ1n) is 31.1. The monoisotopic (exact) mass is 1180 g/mol. The molecule has 0 spiro atoms. The van der Waals surface area contributed by atoms with Gasteiger partial charge in [-0.1, -0.05) is 180 Å². The Labute approximate surface area is 486 Å². The lowest BCUT2D eigenvalue weighted by molar-refractivity contribution is -0.386. The molecule has 0 aromatic rings. The number of aliphatic carboxylic acids is 1. The van der Waals surface area contributed by atoms with E-state index < -0.39 is 155 Å². The number of carbonyl (C=O) groups is 3. The number of unbranched alkanes of at least 4 members (excludes halogenated alkanes) is 25. The highest BCUT2D eigenvalue weighted by Crippen LogP contribution is 2.38. The van der Waals surface area contributed by atoms with Crippen LogP contribution < -0.4 is 10.6 Å². The second kappa shape index (κ2) is 41.5. The summed E-state index contributed by atoms with van der Waals surface area (Å²) in [5.74, 6) is -6.14. The zero-order valence-electron chi connectivity index (χ0n) is 49.3. The fourth-order valence-electron chi connectivity index (χ4n) is 10.9. The van der Waals surface area contributed by atoms with Gasteiger partial charge in [0.25, 0.3) is 5.79 Å². The molecular formula is C59H108N2O21. The summed E-state index contributed by atoms with van der Waals surface area (Å²) in [6.07, 6.45) is 5.60. The first-order valence-corrected chi connectivity index (χ1v) is 31.1. The first-order chi connectivity index (χ1) is 39.4. The van der Waals surface area contributed by atoms with E-state index in [0.717, 1.165) is 51.9 Å². The van der Waals surface area contributed by atoms with Crippen LogP contribution in [-0.2, 0) is 42.8 Å². The third kappa shape index (κ3) is 25.4. The molecule has 0 bridgehead atoms. The molecule has 480 valence electrons. The second-order valence-electron chi connectivity index (χ2n) is 22.9. The van der Waals surface area contributed by atoms with Crippen molar-refractivity contribution in [2.75, 3.05) is 26.4 Å². The van der Waals surface area contributed by atoms with Crippen molar-refractivity contribution in [2.45, 2.75) is 317 Å². The topological polar surface area (TPSA) is 373 Å². The molecule has 3 saturated heterocycles. The number of amides is 2. The minimum Gasteiger partial charge on any atom is -0.477 e. The highest BCUT2D eigenvalue weighted by atomic mass is 16.8. The number of hydrogen-bond acceptors (Lipinski definition) is 20. The number of allylic oxidation sites excluding steroid dienone is 1. The Morgan fingerprint density at radius 2 is 1.13 bits per heavy atom. The number of nitrogens with one attached hydrogen (secondary N) is 2. The van der Waals surface area contributed by atoms with Crippen molar-refractivity contribution in [3.63, 3.8) is 0 Å². The summed E-state index contributed by atoms with van der Waals surface area (Å²) in [5, 5.41) is 135. The number of ether oxygens (including phenoxy) is 6. The molecule has 3 heterocycles. The molecule has 0 aliphatic carbocycles. The van der Waals surface area contributed by atoms with Crippen LogP contribution in [0.5, 0.6) is 0 Å². The second-order valence-corrected chi connectivity index (χ2v) is 22.9. The lowest BCUT2D eigenvalue weighted by Gasteiger charge is -2.50. The van der Waals surface area contributed by atoms with Gasteiger partial charge in [-0.05, 0) is 19.3 Å². The fourth-order valence-corrected chi connectivity index (χ4v) is 10.9. The minimum absolute atomic E-state index is 0.204. The van der Waals surface area contributed by atoms with Gasteiger partial charge < -0.3 is 100 Å². The van der Waals surface area contributed by atoms with Crippen LogP contribution in [0.15, 0.2) is 12.2 Å². The third-order valence-electron chi connectivity index (χ3n) is 16.0. The minimum atomic E-state index is -3.08. The predicted octanol–water partition coefficient (Wildman–Crippen LogP) is 3.17. The van der Waals surface area contributed by atoms with Crippen LogP contribution in [0.4, 0.5) is 0 Å². The number of aliphatic hydroxyl groups excluding tert-OH is 11. The lowest BCUT2D eigenvalue weighted by Crippen LogP contribution is -2.70. The van der Waals surface area contributed by atoms with Crippen molar-refractivity contribution in [1.82, 2.24) is 10.6 Å². The molecule has 23 heteroatoms. The van der Waals surface area contributed by atoms with Crippen LogP contribution in [0.3, 0.4) is 0 Å². The first kappa shape index (κ1) is 73.7. The van der Waals surface area contributed by atoms with Gasteiger partial charge in [0.05, 0.1) is 50.7 Å². The average molecular weight is 1180 g/mol. The zero-order chi connectivity index (χ0) is 60.5. The molecule has 0 aromatic carbocycles. The van der Waals surface area contributed by atoms with E-state index in [-0.39, 0.29) is 12.3 Å². The third-order valence-corrected chi connectivity index (χ3v) is 16.0. The van der Waals surface area contributed by atoms with Crippen LogP contribution in [0, 0.1) is 0 Å². The molecule has 3 fully saturated rings. The van der Waals surface area contributed by atoms with Gasteiger partial charge in [0.1, 0.15) is 67.1 Å². The molecule has 3 aliphatic heterocycles. The summed E-state index contributed by atoms with van der Waals surface area (Å²) in [7, 11) is 0. The van der Waals surface area contributed by atoms with Gasteiger partial charge in [0.15, 0.2) is 12.6 Å². The number of carboxylic acids is 1.